The minimum Gasteiger partial charge on any atom is -0.497 e. The van der Waals surface area contributed by atoms with Crippen molar-refractivity contribution in [2.45, 2.75) is 19.9 Å². The van der Waals surface area contributed by atoms with Crippen LogP contribution in [0.2, 0.25) is 0 Å². The van der Waals surface area contributed by atoms with Gasteiger partial charge in [0.05, 0.1) is 14.2 Å². The first-order valence-electron chi connectivity index (χ1n) is 8.88. The Hall–Kier alpha value is -1.79. The number of hydrogen-bond donors (Lipinski definition) is 1. The molecule has 1 atom stereocenters. The molecule has 0 bridgehead atoms. The fraction of sp³-hybridized carbons (Fsp3) is 0.632. The summed E-state index contributed by atoms with van der Waals surface area (Å²) in [5.41, 5.74) is 0.553. The third kappa shape index (κ3) is 5.34. The highest BCUT2D eigenvalue weighted by Gasteiger charge is 2.25. The number of hydrogen-bond acceptors (Lipinski definition) is 5. The number of piperazine rings is 1. The van der Waals surface area contributed by atoms with E-state index in [1.807, 2.05) is 0 Å². The van der Waals surface area contributed by atoms with Gasteiger partial charge < -0.3 is 19.7 Å². The van der Waals surface area contributed by atoms with E-state index in [4.69, 9.17) is 9.47 Å². The smallest absolute Gasteiger partial charge is 0.251 e. The number of likely N-dealkylation sites (N-methyl/N-ethyl adjacent to an activating group) is 1. The number of carbonyl (C=O) groups is 1. The SMILES string of the molecule is COc1cc(OC)cc(C(=O)NCC(C(C)C)N2CCN(C)CC2)c1. The molecule has 0 aliphatic carbocycles. The molecule has 2 rings (SSSR count). The van der Waals surface area contributed by atoms with Gasteiger partial charge in [-0.2, -0.15) is 0 Å². The second kappa shape index (κ2) is 9.06. The van der Waals surface area contributed by atoms with Gasteiger partial charge in [-0.3, -0.25) is 9.69 Å². The van der Waals surface area contributed by atoms with Crippen molar-refractivity contribution in [3.05, 3.63) is 23.8 Å². The number of methoxy groups -OCH3 is 2. The van der Waals surface area contributed by atoms with Gasteiger partial charge in [0.25, 0.3) is 5.91 Å². The van der Waals surface area contributed by atoms with Crippen molar-refractivity contribution in [3.8, 4) is 11.5 Å². The normalized spacial score (nSPS) is 17.4. The second-order valence-electron chi connectivity index (χ2n) is 6.96. The fourth-order valence-corrected chi connectivity index (χ4v) is 3.18. The molecule has 0 spiro atoms. The topological polar surface area (TPSA) is 54.0 Å². The molecule has 1 aromatic rings. The standard InChI is InChI=1S/C19H31N3O3/c1-14(2)18(22-8-6-21(3)7-9-22)13-20-19(23)15-10-16(24-4)12-17(11-15)25-5/h10-12,14,18H,6-9,13H2,1-5H3,(H,20,23). The summed E-state index contributed by atoms with van der Waals surface area (Å²) in [5, 5.41) is 3.09. The molecule has 6 heteroatoms. The molecule has 1 N–H and O–H groups in total. The molecule has 1 unspecified atom stereocenters. The lowest BCUT2D eigenvalue weighted by molar-refractivity contribution is 0.0790. The van der Waals surface area contributed by atoms with Gasteiger partial charge in [-0.25, -0.2) is 0 Å². The zero-order valence-electron chi connectivity index (χ0n) is 16.0. The van der Waals surface area contributed by atoms with Crippen LogP contribution in [0.25, 0.3) is 0 Å². The van der Waals surface area contributed by atoms with Crippen LogP contribution < -0.4 is 14.8 Å². The zero-order valence-corrected chi connectivity index (χ0v) is 16.0. The first-order chi connectivity index (χ1) is 11.9. The molecule has 1 heterocycles. The van der Waals surface area contributed by atoms with E-state index in [2.05, 4.69) is 36.0 Å². The van der Waals surface area contributed by atoms with E-state index in [0.717, 1.165) is 26.2 Å². The molecule has 25 heavy (non-hydrogen) atoms. The Morgan fingerprint density at radius 2 is 1.64 bits per heavy atom. The minimum atomic E-state index is -0.100. The fourth-order valence-electron chi connectivity index (χ4n) is 3.18. The summed E-state index contributed by atoms with van der Waals surface area (Å²) in [7, 11) is 5.32. The molecule has 1 aliphatic heterocycles. The number of nitrogens with one attached hydrogen (secondary N) is 1. The molecule has 0 aromatic heterocycles. The maximum absolute atomic E-state index is 12.6. The first kappa shape index (κ1) is 19.5. The van der Waals surface area contributed by atoms with Gasteiger partial charge in [0.2, 0.25) is 0 Å². The van der Waals surface area contributed by atoms with Crippen LogP contribution in [-0.2, 0) is 0 Å². The Balaban J connectivity index is 2.01. The summed E-state index contributed by atoms with van der Waals surface area (Å²) in [6.45, 7) is 9.30. The van der Waals surface area contributed by atoms with Crippen molar-refractivity contribution < 1.29 is 14.3 Å². The predicted octanol–water partition coefficient (Wildman–Crippen LogP) is 1.71. The average molecular weight is 349 g/mol. The summed E-state index contributed by atoms with van der Waals surface area (Å²) < 4.78 is 10.5. The number of benzene rings is 1. The zero-order chi connectivity index (χ0) is 18.4. The molecule has 1 aliphatic rings. The van der Waals surface area contributed by atoms with Crippen molar-refractivity contribution in [3.63, 3.8) is 0 Å². The van der Waals surface area contributed by atoms with E-state index >= 15 is 0 Å². The van der Waals surface area contributed by atoms with Gasteiger partial charge in [-0.15, -0.1) is 0 Å². The van der Waals surface area contributed by atoms with Crippen molar-refractivity contribution in [2.75, 3.05) is 54.0 Å². The van der Waals surface area contributed by atoms with Crippen molar-refractivity contribution in [1.82, 2.24) is 15.1 Å². The molecule has 1 fully saturated rings. The van der Waals surface area contributed by atoms with Gasteiger partial charge in [-0.05, 0) is 25.1 Å². The summed E-state index contributed by atoms with van der Waals surface area (Å²) in [6.07, 6.45) is 0. The van der Waals surface area contributed by atoms with E-state index < -0.39 is 0 Å². The van der Waals surface area contributed by atoms with Crippen molar-refractivity contribution in [2.24, 2.45) is 5.92 Å². The van der Waals surface area contributed by atoms with Crippen LogP contribution in [0, 0.1) is 5.92 Å². The van der Waals surface area contributed by atoms with Gasteiger partial charge in [-0.1, -0.05) is 13.8 Å². The third-order valence-electron chi connectivity index (χ3n) is 4.86. The summed E-state index contributed by atoms with van der Waals surface area (Å²) in [4.78, 5) is 17.4. The number of amides is 1. The maximum atomic E-state index is 12.6. The Kier molecular flexibility index (Phi) is 7.08. The molecule has 1 amide bonds. The Morgan fingerprint density at radius 1 is 1.08 bits per heavy atom. The molecule has 140 valence electrons. The average Bonchev–Trinajstić information content (AvgIpc) is 2.62. The van der Waals surface area contributed by atoms with E-state index in [1.165, 1.54) is 0 Å². The van der Waals surface area contributed by atoms with Crippen molar-refractivity contribution in [1.29, 1.82) is 0 Å². The lowest BCUT2D eigenvalue weighted by Gasteiger charge is -2.39. The summed E-state index contributed by atoms with van der Waals surface area (Å²) >= 11 is 0. The quantitative estimate of drug-likeness (QED) is 0.812. The Morgan fingerprint density at radius 3 is 2.12 bits per heavy atom. The van der Waals surface area contributed by atoms with Gasteiger partial charge in [0.15, 0.2) is 0 Å². The van der Waals surface area contributed by atoms with Crippen LogP contribution in [-0.4, -0.2) is 75.7 Å². The van der Waals surface area contributed by atoms with Gasteiger partial charge >= 0.3 is 0 Å². The number of ether oxygens (including phenoxy) is 2. The van der Waals surface area contributed by atoms with Crippen LogP contribution in [0.4, 0.5) is 0 Å². The van der Waals surface area contributed by atoms with E-state index in [0.29, 0.717) is 35.6 Å². The summed E-state index contributed by atoms with van der Waals surface area (Å²) in [5.74, 6) is 1.61. The van der Waals surface area contributed by atoms with Gasteiger partial charge in [0, 0.05) is 50.4 Å². The highest BCUT2D eigenvalue weighted by Crippen LogP contribution is 2.22. The highest BCUT2D eigenvalue weighted by atomic mass is 16.5. The Labute approximate surface area is 151 Å². The lowest BCUT2D eigenvalue weighted by Crippen LogP contribution is -2.54. The molecule has 0 saturated carbocycles. The molecule has 0 radical (unpaired) electrons. The summed E-state index contributed by atoms with van der Waals surface area (Å²) in [6, 6.07) is 5.57. The maximum Gasteiger partial charge on any atom is 0.251 e. The molecular formula is C19H31N3O3. The monoisotopic (exact) mass is 349 g/mol. The number of rotatable bonds is 7. The van der Waals surface area contributed by atoms with Crippen LogP contribution in [0.1, 0.15) is 24.2 Å². The number of nitrogens with zero attached hydrogens (tertiary/aromatic N) is 2. The second-order valence-corrected chi connectivity index (χ2v) is 6.96. The first-order valence-corrected chi connectivity index (χ1v) is 8.88. The molecule has 1 aromatic carbocycles. The minimum absolute atomic E-state index is 0.100. The van der Waals surface area contributed by atoms with E-state index in [1.54, 1.807) is 32.4 Å². The van der Waals surface area contributed by atoms with E-state index in [-0.39, 0.29) is 5.91 Å². The van der Waals surface area contributed by atoms with Crippen LogP contribution in [0.3, 0.4) is 0 Å². The lowest BCUT2D eigenvalue weighted by atomic mass is 10.0. The predicted molar refractivity (Wildman–Crippen MR) is 99.6 cm³/mol. The highest BCUT2D eigenvalue weighted by molar-refractivity contribution is 5.95. The largest absolute Gasteiger partial charge is 0.497 e. The van der Waals surface area contributed by atoms with Crippen LogP contribution in [0.15, 0.2) is 18.2 Å². The molecular weight excluding hydrogens is 318 g/mol. The van der Waals surface area contributed by atoms with Crippen molar-refractivity contribution >= 4 is 5.91 Å². The van der Waals surface area contributed by atoms with Crippen LogP contribution >= 0.6 is 0 Å². The molecule has 6 nitrogen and oxygen atoms in total. The van der Waals surface area contributed by atoms with Gasteiger partial charge in [0.1, 0.15) is 11.5 Å². The third-order valence-corrected chi connectivity index (χ3v) is 4.86. The van der Waals surface area contributed by atoms with E-state index in [9.17, 15) is 4.79 Å². The molecule has 1 saturated heterocycles. The Bertz CT molecular complexity index is 547. The van der Waals surface area contributed by atoms with Crippen LogP contribution in [0.5, 0.6) is 11.5 Å². The number of carbonyl (C=O) groups excluding carboxylic acids is 1.